The Morgan fingerprint density at radius 2 is 2.00 bits per heavy atom. The van der Waals surface area contributed by atoms with E-state index in [4.69, 9.17) is 11.5 Å². The van der Waals surface area contributed by atoms with Crippen LogP contribution in [0.5, 0.6) is 0 Å². The summed E-state index contributed by atoms with van der Waals surface area (Å²) >= 11 is 3.98. The lowest BCUT2D eigenvalue weighted by Crippen LogP contribution is -2.29. The Morgan fingerprint density at radius 3 is 2.14 bits per heavy atom. The zero-order valence-electron chi connectivity index (χ0n) is 4.30. The van der Waals surface area contributed by atoms with Gasteiger partial charge in [0.1, 0.15) is 0 Å². The zero-order valence-corrected chi connectivity index (χ0v) is 5.20. The monoisotopic (exact) mass is 120 g/mol. The molecule has 2 nitrogen and oxygen atoms in total. The van der Waals surface area contributed by atoms with E-state index >= 15 is 0 Å². The molecule has 0 fully saturated rings. The molecule has 0 saturated heterocycles. The van der Waals surface area contributed by atoms with E-state index in [1.54, 1.807) is 0 Å². The molecule has 0 aromatic heterocycles. The summed E-state index contributed by atoms with van der Waals surface area (Å²) < 4.78 is 0. The molecule has 7 heavy (non-hydrogen) atoms. The SMILES string of the molecule is NC(N)CCCS. The molecule has 0 rings (SSSR count). The summed E-state index contributed by atoms with van der Waals surface area (Å²) in [7, 11) is 0. The first-order valence-corrected chi connectivity index (χ1v) is 3.02. The van der Waals surface area contributed by atoms with Crippen LogP contribution < -0.4 is 11.5 Å². The van der Waals surface area contributed by atoms with Crippen molar-refractivity contribution in [2.75, 3.05) is 5.75 Å². The first-order valence-electron chi connectivity index (χ1n) is 2.39. The van der Waals surface area contributed by atoms with Crippen LogP contribution in [-0.4, -0.2) is 11.9 Å². The fourth-order valence-corrected chi connectivity index (χ4v) is 0.510. The largest absolute Gasteiger partial charge is 0.316 e. The van der Waals surface area contributed by atoms with Crippen LogP contribution in [0.2, 0.25) is 0 Å². The minimum Gasteiger partial charge on any atom is -0.316 e. The summed E-state index contributed by atoms with van der Waals surface area (Å²) in [5.74, 6) is 0.880. The predicted octanol–water partition coefficient (Wildman–Crippen LogP) is -0.0601. The Kier molecular flexibility index (Phi) is 4.60. The second-order valence-corrected chi connectivity index (χ2v) is 1.98. The second-order valence-electron chi connectivity index (χ2n) is 1.53. The number of thiol groups is 1. The topological polar surface area (TPSA) is 52.0 Å². The summed E-state index contributed by atoms with van der Waals surface area (Å²) in [4.78, 5) is 0. The molecule has 0 atom stereocenters. The molecule has 0 aromatic rings. The lowest BCUT2D eigenvalue weighted by Gasteiger charge is -1.99. The molecular formula is C4H12N2S. The van der Waals surface area contributed by atoms with E-state index in [0.29, 0.717) is 0 Å². The minimum atomic E-state index is -0.146. The average Bonchev–Trinajstić information content (AvgIpc) is 1.61. The third kappa shape index (κ3) is 6.27. The van der Waals surface area contributed by atoms with Crippen LogP contribution in [0.1, 0.15) is 12.8 Å². The molecule has 0 amide bonds. The van der Waals surface area contributed by atoms with E-state index in [1.165, 1.54) is 0 Å². The van der Waals surface area contributed by atoms with Gasteiger partial charge in [0.15, 0.2) is 0 Å². The Balaban J connectivity index is 2.68. The van der Waals surface area contributed by atoms with Crippen LogP contribution in [0.3, 0.4) is 0 Å². The van der Waals surface area contributed by atoms with Gasteiger partial charge in [0.2, 0.25) is 0 Å². The van der Waals surface area contributed by atoms with Gasteiger partial charge >= 0.3 is 0 Å². The van der Waals surface area contributed by atoms with Crippen molar-refractivity contribution in [3.63, 3.8) is 0 Å². The van der Waals surface area contributed by atoms with Crippen molar-refractivity contribution in [2.45, 2.75) is 19.0 Å². The predicted molar refractivity (Wildman–Crippen MR) is 35.2 cm³/mol. The third-order valence-electron chi connectivity index (χ3n) is 0.696. The molecule has 0 aromatic carbocycles. The van der Waals surface area contributed by atoms with Gasteiger partial charge < -0.3 is 11.5 Å². The van der Waals surface area contributed by atoms with Gasteiger partial charge in [0.25, 0.3) is 0 Å². The summed E-state index contributed by atoms with van der Waals surface area (Å²) in [6.45, 7) is 0. The fourth-order valence-electron chi connectivity index (χ4n) is 0.327. The maximum absolute atomic E-state index is 5.22. The van der Waals surface area contributed by atoms with E-state index in [2.05, 4.69) is 12.6 Å². The van der Waals surface area contributed by atoms with Gasteiger partial charge in [-0.15, -0.1) is 0 Å². The highest BCUT2D eigenvalue weighted by atomic mass is 32.1. The van der Waals surface area contributed by atoms with Crippen LogP contribution in [-0.2, 0) is 0 Å². The van der Waals surface area contributed by atoms with Crippen molar-refractivity contribution in [3.05, 3.63) is 0 Å². The number of hydrogen-bond acceptors (Lipinski definition) is 3. The smallest absolute Gasteiger partial charge is 0.0521 e. The van der Waals surface area contributed by atoms with E-state index < -0.39 is 0 Å². The normalized spacial score (nSPS) is 10.3. The molecule has 4 N–H and O–H groups in total. The molecule has 44 valence electrons. The zero-order chi connectivity index (χ0) is 5.70. The van der Waals surface area contributed by atoms with E-state index in [1.807, 2.05) is 0 Å². The number of rotatable bonds is 3. The molecule has 0 spiro atoms. The van der Waals surface area contributed by atoms with Crippen molar-refractivity contribution < 1.29 is 0 Å². The Morgan fingerprint density at radius 1 is 1.43 bits per heavy atom. The van der Waals surface area contributed by atoms with Gasteiger partial charge in [0.05, 0.1) is 6.17 Å². The van der Waals surface area contributed by atoms with Crippen LogP contribution >= 0.6 is 12.6 Å². The van der Waals surface area contributed by atoms with E-state index in [9.17, 15) is 0 Å². The van der Waals surface area contributed by atoms with Crippen LogP contribution in [0, 0.1) is 0 Å². The highest BCUT2D eigenvalue weighted by molar-refractivity contribution is 7.80. The Labute approximate surface area is 49.7 Å². The summed E-state index contributed by atoms with van der Waals surface area (Å²) in [5, 5.41) is 0. The van der Waals surface area contributed by atoms with Crippen molar-refractivity contribution in [3.8, 4) is 0 Å². The van der Waals surface area contributed by atoms with Gasteiger partial charge in [-0.1, -0.05) is 0 Å². The number of hydrogen-bond donors (Lipinski definition) is 3. The van der Waals surface area contributed by atoms with Gasteiger partial charge in [-0.25, -0.2) is 0 Å². The molecule has 0 aliphatic rings. The molecule has 0 heterocycles. The molecule has 0 radical (unpaired) electrons. The van der Waals surface area contributed by atoms with E-state index in [0.717, 1.165) is 18.6 Å². The summed E-state index contributed by atoms with van der Waals surface area (Å²) in [6, 6.07) is 0. The molecule has 0 aliphatic heterocycles. The van der Waals surface area contributed by atoms with E-state index in [-0.39, 0.29) is 6.17 Å². The molecular weight excluding hydrogens is 108 g/mol. The maximum Gasteiger partial charge on any atom is 0.0521 e. The molecule has 0 aliphatic carbocycles. The van der Waals surface area contributed by atoms with Crippen molar-refractivity contribution in [1.29, 1.82) is 0 Å². The maximum atomic E-state index is 5.22. The van der Waals surface area contributed by atoms with Gasteiger partial charge in [0, 0.05) is 0 Å². The highest BCUT2D eigenvalue weighted by Gasteiger charge is 1.89. The molecule has 0 saturated carbocycles. The Hall–Kier alpha value is 0.270. The van der Waals surface area contributed by atoms with Gasteiger partial charge in [-0.2, -0.15) is 12.6 Å². The van der Waals surface area contributed by atoms with Gasteiger partial charge in [-0.05, 0) is 18.6 Å². The van der Waals surface area contributed by atoms with Crippen LogP contribution in [0.25, 0.3) is 0 Å². The van der Waals surface area contributed by atoms with Crippen LogP contribution in [0.4, 0.5) is 0 Å². The lowest BCUT2D eigenvalue weighted by atomic mass is 10.3. The summed E-state index contributed by atoms with van der Waals surface area (Å²) in [6.07, 6.45) is 1.75. The quantitative estimate of drug-likeness (QED) is 0.361. The molecule has 3 heteroatoms. The summed E-state index contributed by atoms with van der Waals surface area (Å²) in [5.41, 5.74) is 10.4. The first kappa shape index (κ1) is 7.27. The highest BCUT2D eigenvalue weighted by Crippen LogP contribution is 1.89. The van der Waals surface area contributed by atoms with Crippen LogP contribution in [0.15, 0.2) is 0 Å². The standard InChI is InChI=1S/C4H12N2S/c5-4(6)2-1-3-7/h4,7H,1-3,5-6H2. The second kappa shape index (κ2) is 4.43. The lowest BCUT2D eigenvalue weighted by molar-refractivity contribution is 0.631. The third-order valence-corrected chi connectivity index (χ3v) is 1.01. The minimum absolute atomic E-state index is 0.146. The Bertz CT molecular complexity index is 38.7. The fraction of sp³-hybridized carbons (Fsp3) is 1.00. The van der Waals surface area contributed by atoms with Crippen molar-refractivity contribution in [1.82, 2.24) is 0 Å². The molecule has 0 bridgehead atoms. The number of nitrogens with two attached hydrogens (primary N) is 2. The average molecular weight is 120 g/mol. The molecule has 0 unspecified atom stereocenters. The first-order chi connectivity index (χ1) is 3.27. The van der Waals surface area contributed by atoms with Crippen molar-refractivity contribution in [2.24, 2.45) is 11.5 Å². The van der Waals surface area contributed by atoms with Crippen molar-refractivity contribution >= 4 is 12.6 Å². The van der Waals surface area contributed by atoms with Gasteiger partial charge in [-0.3, -0.25) is 0 Å².